The van der Waals surface area contributed by atoms with E-state index in [1.54, 1.807) is 10.1 Å². The molecule has 0 spiro atoms. The Kier molecular flexibility index (Phi) is 4.49. The highest BCUT2D eigenvalue weighted by Gasteiger charge is 2.22. The standard InChI is InChI=1S/C13H19N5OS/c1-8(2)5-10(12-14-7-15-18(12)4)17-13(19)11-6-20-9(3)16-11/h6-8,10H,5H2,1-4H3,(H,17,19). The Morgan fingerprint density at radius 1 is 1.50 bits per heavy atom. The fourth-order valence-electron chi connectivity index (χ4n) is 2.02. The number of rotatable bonds is 5. The molecule has 0 bridgehead atoms. The number of nitrogens with one attached hydrogen (secondary N) is 1. The number of thiazole rings is 1. The normalized spacial score (nSPS) is 12.7. The Bertz CT molecular complexity index is 589. The lowest BCUT2D eigenvalue weighted by Crippen LogP contribution is -2.31. The van der Waals surface area contributed by atoms with E-state index in [0.29, 0.717) is 11.6 Å². The van der Waals surface area contributed by atoms with Crippen molar-refractivity contribution >= 4 is 17.2 Å². The largest absolute Gasteiger partial charge is 0.341 e. The predicted molar refractivity (Wildman–Crippen MR) is 77.5 cm³/mol. The summed E-state index contributed by atoms with van der Waals surface area (Å²) in [7, 11) is 1.83. The summed E-state index contributed by atoms with van der Waals surface area (Å²) in [6.07, 6.45) is 2.31. The lowest BCUT2D eigenvalue weighted by molar-refractivity contribution is 0.0924. The van der Waals surface area contributed by atoms with Gasteiger partial charge in [0.2, 0.25) is 0 Å². The van der Waals surface area contributed by atoms with Crippen LogP contribution in [-0.2, 0) is 7.05 Å². The summed E-state index contributed by atoms with van der Waals surface area (Å²) in [6, 6.07) is -0.156. The molecular formula is C13H19N5OS. The van der Waals surface area contributed by atoms with Crippen LogP contribution in [0.2, 0.25) is 0 Å². The first kappa shape index (κ1) is 14.6. The van der Waals surface area contributed by atoms with E-state index in [4.69, 9.17) is 0 Å². The van der Waals surface area contributed by atoms with Gasteiger partial charge in [0.1, 0.15) is 17.8 Å². The van der Waals surface area contributed by atoms with Gasteiger partial charge in [0.05, 0.1) is 11.0 Å². The fourth-order valence-corrected chi connectivity index (χ4v) is 2.61. The molecule has 0 saturated heterocycles. The zero-order valence-corrected chi connectivity index (χ0v) is 12.9. The summed E-state index contributed by atoms with van der Waals surface area (Å²) in [5, 5.41) is 9.73. The molecule has 6 nitrogen and oxygen atoms in total. The molecule has 1 amide bonds. The van der Waals surface area contributed by atoms with Crippen molar-refractivity contribution in [1.29, 1.82) is 0 Å². The monoisotopic (exact) mass is 293 g/mol. The zero-order valence-electron chi connectivity index (χ0n) is 12.1. The van der Waals surface area contributed by atoms with E-state index in [2.05, 4.69) is 34.2 Å². The molecule has 0 radical (unpaired) electrons. The van der Waals surface area contributed by atoms with E-state index in [9.17, 15) is 4.79 Å². The van der Waals surface area contributed by atoms with E-state index in [-0.39, 0.29) is 11.9 Å². The topological polar surface area (TPSA) is 72.7 Å². The van der Waals surface area contributed by atoms with E-state index in [1.165, 1.54) is 17.7 Å². The second kappa shape index (κ2) is 6.13. The molecule has 2 aromatic heterocycles. The van der Waals surface area contributed by atoms with Crippen molar-refractivity contribution in [2.24, 2.45) is 13.0 Å². The highest BCUT2D eigenvalue weighted by molar-refractivity contribution is 7.09. The molecule has 0 aliphatic carbocycles. The summed E-state index contributed by atoms with van der Waals surface area (Å²) in [5.74, 6) is 1.04. The van der Waals surface area contributed by atoms with Crippen LogP contribution >= 0.6 is 11.3 Å². The third kappa shape index (κ3) is 3.41. The molecule has 0 saturated carbocycles. The Morgan fingerprint density at radius 2 is 2.25 bits per heavy atom. The van der Waals surface area contributed by atoms with Gasteiger partial charge < -0.3 is 5.32 Å². The van der Waals surface area contributed by atoms with Gasteiger partial charge in [-0.1, -0.05) is 13.8 Å². The number of nitrogens with zero attached hydrogens (tertiary/aromatic N) is 4. The van der Waals surface area contributed by atoms with Crippen LogP contribution in [0.25, 0.3) is 0 Å². The van der Waals surface area contributed by atoms with Gasteiger partial charge in [-0.15, -0.1) is 11.3 Å². The SMILES string of the molecule is Cc1nc(C(=O)NC(CC(C)C)c2ncnn2C)cs1. The maximum atomic E-state index is 12.2. The Hall–Kier alpha value is -1.76. The van der Waals surface area contributed by atoms with Crippen molar-refractivity contribution in [2.75, 3.05) is 0 Å². The van der Waals surface area contributed by atoms with E-state index < -0.39 is 0 Å². The van der Waals surface area contributed by atoms with Gasteiger partial charge in [0.15, 0.2) is 0 Å². The van der Waals surface area contributed by atoms with Gasteiger partial charge in [-0.25, -0.2) is 9.97 Å². The molecular weight excluding hydrogens is 274 g/mol. The van der Waals surface area contributed by atoms with Crippen LogP contribution in [-0.4, -0.2) is 25.7 Å². The molecule has 108 valence electrons. The number of hydrogen-bond donors (Lipinski definition) is 1. The number of aryl methyl sites for hydroxylation is 2. The minimum Gasteiger partial charge on any atom is -0.341 e. The van der Waals surface area contributed by atoms with Crippen molar-refractivity contribution in [1.82, 2.24) is 25.1 Å². The second-order valence-electron chi connectivity index (χ2n) is 5.15. The molecule has 1 unspecified atom stereocenters. The van der Waals surface area contributed by atoms with Gasteiger partial charge in [-0.05, 0) is 19.3 Å². The molecule has 2 heterocycles. The van der Waals surface area contributed by atoms with Crippen molar-refractivity contribution in [3.63, 3.8) is 0 Å². The van der Waals surface area contributed by atoms with Crippen LogP contribution in [0.1, 0.15) is 47.6 Å². The molecule has 0 aromatic carbocycles. The molecule has 1 N–H and O–H groups in total. The third-order valence-corrected chi connectivity index (χ3v) is 3.70. The quantitative estimate of drug-likeness (QED) is 0.916. The number of carbonyl (C=O) groups is 1. The van der Waals surface area contributed by atoms with E-state index in [0.717, 1.165) is 17.3 Å². The van der Waals surface area contributed by atoms with E-state index in [1.807, 2.05) is 14.0 Å². The average Bonchev–Trinajstić information content (AvgIpc) is 2.96. The minimum atomic E-state index is -0.164. The third-order valence-electron chi connectivity index (χ3n) is 2.92. The number of hydrogen-bond acceptors (Lipinski definition) is 5. The molecule has 0 aliphatic heterocycles. The summed E-state index contributed by atoms with van der Waals surface area (Å²) >= 11 is 1.47. The molecule has 20 heavy (non-hydrogen) atoms. The highest BCUT2D eigenvalue weighted by atomic mass is 32.1. The lowest BCUT2D eigenvalue weighted by atomic mass is 10.0. The second-order valence-corrected chi connectivity index (χ2v) is 6.21. The van der Waals surface area contributed by atoms with Gasteiger partial charge in [-0.2, -0.15) is 5.10 Å². The van der Waals surface area contributed by atoms with Gasteiger partial charge >= 0.3 is 0 Å². The first-order valence-corrected chi connectivity index (χ1v) is 7.42. The van der Waals surface area contributed by atoms with E-state index >= 15 is 0 Å². The maximum absolute atomic E-state index is 12.2. The highest BCUT2D eigenvalue weighted by Crippen LogP contribution is 2.19. The molecule has 7 heteroatoms. The van der Waals surface area contributed by atoms with Crippen molar-refractivity contribution in [3.05, 3.63) is 28.2 Å². The Morgan fingerprint density at radius 3 is 2.75 bits per heavy atom. The molecule has 1 atom stereocenters. The van der Waals surface area contributed by atoms with Gasteiger partial charge in [-0.3, -0.25) is 9.48 Å². The smallest absolute Gasteiger partial charge is 0.271 e. The predicted octanol–water partition coefficient (Wildman–Crippen LogP) is 2.10. The number of aromatic nitrogens is 4. The summed E-state index contributed by atoms with van der Waals surface area (Å²) in [4.78, 5) is 20.7. The van der Waals surface area contributed by atoms with Crippen LogP contribution in [0, 0.1) is 12.8 Å². The summed E-state index contributed by atoms with van der Waals surface area (Å²) in [5.41, 5.74) is 0.462. The number of amides is 1. The van der Waals surface area contributed by atoms with Crippen LogP contribution in [0.4, 0.5) is 0 Å². The first-order valence-electron chi connectivity index (χ1n) is 6.54. The summed E-state index contributed by atoms with van der Waals surface area (Å²) in [6.45, 7) is 6.11. The minimum absolute atomic E-state index is 0.156. The number of carbonyl (C=O) groups excluding carboxylic acids is 1. The van der Waals surface area contributed by atoms with Crippen LogP contribution < -0.4 is 5.32 Å². The first-order chi connectivity index (χ1) is 9.47. The van der Waals surface area contributed by atoms with Crippen LogP contribution in [0.15, 0.2) is 11.7 Å². The van der Waals surface area contributed by atoms with Gasteiger partial charge in [0, 0.05) is 12.4 Å². The molecule has 0 aliphatic rings. The van der Waals surface area contributed by atoms with Crippen molar-refractivity contribution < 1.29 is 4.79 Å². The average molecular weight is 293 g/mol. The van der Waals surface area contributed by atoms with Gasteiger partial charge in [0.25, 0.3) is 5.91 Å². The van der Waals surface area contributed by atoms with Crippen molar-refractivity contribution in [2.45, 2.75) is 33.2 Å². The Balaban J connectivity index is 2.16. The summed E-state index contributed by atoms with van der Waals surface area (Å²) < 4.78 is 1.69. The fraction of sp³-hybridized carbons (Fsp3) is 0.538. The van der Waals surface area contributed by atoms with Crippen LogP contribution in [0.3, 0.4) is 0 Å². The zero-order chi connectivity index (χ0) is 14.7. The Labute approximate surface area is 122 Å². The molecule has 2 rings (SSSR count). The molecule has 0 fully saturated rings. The maximum Gasteiger partial charge on any atom is 0.271 e. The molecule has 2 aromatic rings. The van der Waals surface area contributed by atoms with Crippen LogP contribution in [0.5, 0.6) is 0 Å². The lowest BCUT2D eigenvalue weighted by Gasteiger charge is -2.19. The van der Waals surface area contributed by atoms with Crippen molar-refractivity contribution in [3.8, 4) is 0 Å².